The standard InChI is InChI=1S/C16H20N4O3S/c1-18-5-4-17-14(16(18)22)19(2)9-13-10-20(6-7-23-13)15(21)12-3-8-24-11-12/h3-5,8,11,13H,6-7,9-10H2,1-2H3/t13-/m1/s1. The highest BCUT2D eigenvalue weighted by Crippen LogP contribution is 2.14. The van der Waals surface area contributed by atoms with Crippen LogP contribution in [-0.4, -0.2) is 59.8 Å². The van der Waals surface area contributed by atoms with Gasteiger partial charge in [0.25, 0.3) is 11.5 Å². The molecule has 24 heavy (non-hydrogen) atoms. The summed E-state index contributed by atoms with van der Waals surface area (Å²) in [7, 11) is 3.51. The van der Waals surface area contributed by atoms with Crippen LogP contribution < -0.4 is 10.5 Å². The quantitative estimate of drug-likeness (QED) is 0.818. The number of ether oxygens (including phenoxy) is 1. The van der Waals surface area contributed by atoms with Crippen LogP contribution in [0.3, 0.4) is 0 Å². The Morgan fingerprint density at radius 3 is 3.12 bits per heavy atom. The molecule has 0 bridgehead atoms. The number of thiophene rings is 1. The van der Waals surface area contributed by atoms with Crippen LogP contribution in [0.4, 0.5) is 5.82 Å². The van der Waals surface area contributed by atoms with Gasteiger partial charge in [0.1, 0.15) is 0 Å². The van der Waals surface area contributed by atoms with Crippen molar-refractivity contribution >= 4 is 23.1 Å². The lowest BCUT2D eigenvalue weighted by Crippen LogP contribution is -2.49. The Morgan fingerprint density at radius 2 is 2.38 bits per heavy atom. The molecule has 0 aliphatic carbocycles. The van der Waals surface area contributed by atoms with Crippen molar-refractivity contribution in [3.05, 3.63) is 45.1 Å². The van der Waals surface area contributed by atoms with E-state index in [0.29, 0.717) is 37.6 Å². The largest absolute Gasteiger partial charge is 0.373 e. The van der Waals surface area contributed by atoms with Crippen molar-refractivity contribution in [3.8, 4) is 0 Å². The van der Waals surface area contributed by atoms with Crippen molar-refractivity contribution < 1.29 is 9.53 Å². The molecule has 1 aliphatic heterocycles. The first-order chi connectivity index (χ1) is 11.6. The molecule has 8 heteroatoms. The Hall–Kier alpha value is -2.19. The van der Waals surface area contributed by atoms with Gasteiger partial charge < -0.3 is 19.1 Å². The van der Waals surface area contributed by atoms with Crippen LogP contribution in [0.1, 0.15) is 10.4 Å². The molecule has 0 radical (unpaired) electrons. The zero-order valence-electron chi connectivity index (χ0n) is 13.7. The lowest BCUT2D eigenvalue weighted by Gasteiger charge is -2.34. The highest BCUT2D eigenvalue weighted by molar-refractivity contribution is 7.08. The number of hydrogen-bond donors (Lipinski definition) is 0. The fraction of sp³-hybridized carbons (Fsp3) is 0.438. The van der Waals surface area contributed by atoms with Crippen LogP contribution in [-0.2, 0) is 11.8 Å². The third-order valence-electron chi connectivity index (χ3n) is 4.03. The van der Waals surface area contributed by atoms with E-state index in [9.17, 15) is 9.59 Å². The van der Waals surface area contributed by atoms with E-state index in [1.165, 1.54) is 15.9 Å². The van der Waals surface area contributed by atoms with E-state index in [4.69, 9.17) is 4.74 Å². The molecule has 0 N–H and O–H groups in total. The summed E-state index contributed by atoms with van der Waals surface area (Å²) in [4.78, 5) is 32.3. The van der Waals surface area contributed by atoms with Crippen molar-refractivity contribution in [1.29, 1.82) is 0 Å². The first-order valence-corrected chi connectivity index (χ1v) is 8.66. The normalized spacial score (nSPS) is 17.8. The molecule has 0 unspecified atom stereocenters. The molecule has 2 aromatic rings. The van der Waals surface area contributed by atoms with Gasteiger partial charge >= 0.3 is 0 Å². The summed E-state index contributed by atoms with van der Waals surface area (Å²) < 4.78 is 7.26. The average molecular weight is 348 g/mol. The molecule has 7 nitrogen and oxygen atoms in total. The first-order valence-electron chi connectivity index (χ1n) is 7.72. The van der Waals surface area contributed by atoms with Gasteiger partial charge in [0.15, 0.2) is 5.82 Å². The number of aryl methyl sites for hydroxylation is 1. The Balaban J connectivity index is 1.66. The zero-order valence-corrected chi connectivity index (χ0v) is 14.5. The van der Waals surface area contributed by atoms with E-state index in [2.05, 4.69) is 4.98 Å². The number of amides is 1. The van der Waals surface area contributed by atoms with Gasteiger partial charge in [-0.1, -0.05) is 0 Å². The van der Waals surface area contributed by atoms with E-state index < -0.39 is 0 Å². The third-order valence-corrected chi connectivity index (χ3v) is 4.72. The number of hydrogen-bond acceptors (Lipinski definition) is 6. The molecule has 1 aliphatic rings. The number of likely N-dealkylation sites (N-methyl/N-ethyl adjacent to an activating group) is 1. The molecule has 1 atom stereocenters. The zero-order chi connectivity index (χ0) is 17.1. The van der Waals surface area contributed by atoms with Crippen LogP contribution in [0.5, 0.6) is 0 Å². The van der Waals surface area contributed by atoms with Gasteiger partial charge in [-0.2, -0.15) is 11.3 Å². The minimum atomic E-state index is -0.155. The number of aromatic nitrogens is 2. The lowest BCUT2D eigenvalue weighted by atomic mass is 10.2. The van der Waals surface area contributed by atoms with Crippen LogP contribution in [0.2, 0.25) is 0 Å². The maximum Gasteiger partial charge on any atom is 0.293 e. The van der Waals surface area contributed by atoms with E-state index in [1.807, 2.05) is 23.9 Å². The van der Waals surface area contributed by atoms with Crippen LogP contribution in [0.25, 0.3) is 0 Å². The predicted octanol–water partition coefficient (Wildman–Crippen LogP) is 0.819. The molecular formula is C16H20N4O3S. The van der Waals surface area contributed by atoms with E-state index in [0.717, 1.165) is 0 Å². The fourth-order valence-electron chi connectivity index (χ4n) is 2.72. The monoisotopic (exact) mass is 348 g/mol. The minimum absolute atomic E-state index is 0.0287. The number of carbonyl (C=O) groups excluding carboxylic acids is 1. The van der Waals surface area contributed by atoms with Gasteiger partial charge in [-0.25, -0.2) is 4.98 Å². The van der Waals surface area contributed by atoms with Crippen molar-refractivity contribution in [2.75, 3.05) is 38.2 Å². The minimum Gasteiger partial charge on any atom is -0.373 e. The molecule has 1 fully saturated rings. The number of carbonyl (C=O) groups is 1. The molecule has 0 saturated carbocycles. The molecule has 0 aromatic carbocycles. The Kier molecular flexibility index (Phi) is 4.96. The highest BCUT2D eigenvalue weighted by atomic mass is 32.1. The molecule has 128 valence electrons. The smallest absolute Gasteiger partial charge is 0.293 e. The highest BCUT2D eigenvalue weighted by Gasteiger charge is 2.26. The molecule has 3 rings (SSSR count). The summed E-state index contributed by atoms with van der Waals surface area (Å²) >= 11 is 1.51. The number of morpholine rings is 1. The summed E-state index contributed by atoms with van der Waals surface area (Å²) in [5, 5.41) is 3.76. The average Bonchev–Trinajstić information content (AvgIpc) is 3.11. The number of rotatable bonds is 4. The van der Waals surface area contributed by atoms with Crippen molar-refractivity contribution in [3.63, 3.8) is 0 Å². The number of anilines is 1. The van der Waals surface area contributed by atoms with E-state index >= 15 is 0 Å². The predicted molar refractivity (Wildman–Crippen MR) is 92.7 cm³/mol. The molecular weight excluding hydrogens is 328 g/mol. The first kappa shape index (κ1) is 16.7. The Bertz CT molecular complexity index is 759. The summed E-state index contributed by atoms with van der Waals surface area (Å²) in [6.07, 6.45) is 3.07. The molecule has 0 spiro atoms. The summed E-state index contributed by atoms with van der Waals surface area (Å²) in [5.41, 5.74) is 0.564. The molecule has 1 saturated heterocycles. The summed E-state index contributed by atoms with van der Waals surface area (Å²) in [5.74, 6) is 0.408. The van der Waals surface area contributed by atoms with Gasteiger partial charge in [-0.15, -0.1) is 0 Å². The second-order valence-electron chi connectivity index (χ2n) is 5.80. The SMILES string of the molecule is CN(C[C@@H]1CN(C(=O)c2ccsc2)CCO1)c1nccn(C)c1=O. The molecule has 1 amide bonds. The van der Waals surface area contributed by atoms with Gasteiger partial charge in [0.05, 0.1) is 18.3 Å². The van der Waals surface area contributed by atoms with Crippen molar-refractivity contribution in [2.24, 2.45) is 7.05 Å². The van der Waals surface area contributed by atoms with E-state index in [1.54, 1.807) is 29.2 Å². The van der Waals surface area contributed by atoms with Crippen molar-refractivity contribution in [2.45, 2.75) is 6.10 Å². The maximum atomic E-state index is 12.5. The Labute approximate surface area is 144 Å². The van der Waals surface area contributed by atoms with Crippen LogP contribution in [0.15, 0.2) is 34.0 Å². The summed E-state index contributed by atoms with van der Waals surface area (Å²) in [6.45, 7) is 2.08. The molecule has 3 heterocycles. The second kappa shape index (κ2) is 7.14. The number of nitrogens with zero attached hydrogens (tertiary/aromatic N) is 4. The summed E-state index contributed by atoms with van der Waals surface area (Å²) in [6, 6.07) is 1.83. The van der Waals surface area contributed by atoms with Crippen LogP contribution >= 0.6 is 11.3 Å². The van der Waals surface area contributed by atoms with Gasteiger partial charge in [-0.05, 0) is 11.4 Å². The Morgan fingerprint density at radius 1 is 1.54 bits per heavy atom. The van der Waals surface area contributed by atoms with E-state index in [-0.39, 0.29) is 17.6 Å². The van der Waals surface area contributed by atoms with Crippen molar-refractivity contribution in [1.82, 2.24) is 14.5 Å². The van der Waals surface area contributed by atoms with Gasteiger partial charge in [0.2, 0.25) is 0 Å². The fourth-order valence-corrected chi connectivity index (χ4v) is 3.35. The van der Waals surface area contributed by atoms with Gasteiger partial charge in [0, 0.05) is 51.5 Å². The topological polar surface area (TPSA) is 67.7 Å². The van der Waals surface area contributed by atoms with Crippen LogP contribution in [0, 0.1) is 0 Å². The maximum absolute atomic E-state index is 12.5. The lowest BCUT2D eigenvalue weighted by molar-refractivity contribution is -0.0171. The third kappa shape index (κ3) is 3.49. The molecule has 2 aromatic heterocycles. The van der Waals surface area contributed by atoms with Gasteiger partial charge in [-0.3, -0.25) is 9.59 Å². The second-order valence-corrected chi connectivity index (χ2v) is 6.58.